The fourth-order valence-electron chi connectivity index (χ4n) is 11.0. The lowest BCUT2D eigenvalue weighted by Crippen LogP contribution is -2.39. The van der Waals surface area contributed by atoms with Crippen LogP contribution in [0.3, 0.4) is 0 Å². The minimum absolute atomic E-state index is 0.00125. The summed E-state index contributed by atoms with van der Waals surface area (Å²) in [5.74, 6) is 1.96. The standard InChI is InChI=1S/5C14H22N4O3/c5*1-9(19)7-5-6-8-18-13(20)11-12(17(4)14(18)21)15-10(2)16(11)3/h5*9,19H,5-8H2,1-4H3/t4*9-;/m1100./s1/i3D3,7D2,9D;7D2,9D;3D3,7D2,9D;2*7D2,9D. The zero-order valence-corrected chi connectivity index (χ0v) is 62.4. The van der Waals surface area contributed by atoms with Gasteiger partial charge in [0.05, 0.1) is 37.3 Å². The second-order valence-corrected chi connectivity index (χ2v) is 24.8. The fourth-order valence-corrected chi connectivity index (χ4v) is 11.0. The number of hydrogen-bond acceptors (Lipinski definition) is 20. The van der Waals surface area contributed by atoms with Gasteiger partial charge in [-0.1, -0.05) is 0 Å². The number of aliphatic hydroxyl groups is 5. The number of hydrogen-bond donors (Lipinski definition) is 5. The van der Waals surface area contributed by atoms with E-state index >= 15 is 0 Å². The Morgan fingerprint density at radius 2 is 0.438 bits per heavy atom. The second-order valence-electron chi connectivity index (χ2n) is 24.8. The Morgan fingerprint density at radius 1 is 0.286 bits per heavy atom. The summed E-state index contributed by atoms with van der Waals surface area (Å²) in [5, 5.41) is 47.7. The molecule has 0 radical (unpaired) electrons. The topological polar surface area (TPSA) is 410 Å². The smallest absolute Gasteiger partial charge is 0.332 e. The molecule has 10 rings (SSSR count). The van der Waals surface area contributed by atoms with Crippen LogP contribution in [-0.2, 0) is 103 Å². The molecule has 0 amide bonds. The van der Waals surface area contributed by atoms with Gasteiger partial charge in [-0.25, -0.2) is 48.9 Å². The van der Waals surface area contributed by atoms with E-state index in [1.54, 1.807) is 55.6 Å². The van der Waals surface area contributed by atoms with Gasteiger partial charge in [0.1, 0.15) is 29.1 Å². The molecule has 10 aromatic rings. The van der Waals surface area contributed by atoms with E-state index in [1.807, 2.05) is 0 Å². The van der Waals surface area contributed by atoms with Gasteiger partial charge in [0.15, 0.2) is 55.8 Å². The summed E-state index contributed by atoms with van der Waals surface area (Å²) < 4.78 is 177. The molecule has 0 bridgehead atoms. The predicted molar refractivity (Wildman–Crippen MR) is 402 cm³/mol. The van der Waals surface area contributed by atoms with E-state index in [0.717, 1.165) is 75.7 Å². The van der Waals surface area contributed by atoms with Crippen LogP contribution in [-0.4, -0.2) is 149 Å². The van der Waals surface area contributed by atoms with E-state index < -0.39 is 132 Å². The van der Waals surface area contributed by atoms with E-state index in [2.05, 4.69) is 24.9 Å². The molecule has 0 spiro atoms. The lowest BCUT2D eigenvalue weighted by atomic mass is 10.2. The third-order valence-electron chi connectivity index (χ3n) is 17.1. The third-order valence-corrected chi connectivity index (χ3v) is 17.1. The number of fused-ring (bicyclic) bond motifs is 5. The van der Waals surface area contributed by atoms with Gasteiger partial charge in [0, 0.05) is 125 Å². The molecule has 0 saturated carbocycles. The van der Waals surface area contributed by atoms with Crippen LogP contribution in [0.4, 0.5) is 0 Å². The van der Waals surface area contributed by atoms with Crippen molar-refractivity contribution in [1.29, 1.82) is 0 Å². The molecule has 0 saturated heterocycles. The van der Waals surface area contributed by atoms with Gasteiger partial charge in [-0.3, -0.25) is 69.6 Å². The maximum Gasteiger partial charge on any atom is 0.332 e. The first-order chi connectivity index (χ1) is 56.8. The molecule has 5 atom stereocenters. The second kappa shape index (κ2) is 36.5. The van der Waals surface area contributed by atoms with Crippen molar-refractivity contribution >= 4 is 55.8 Å². The summed E-state index contributed by atoms with van der Waals surface area (Å²) in [7, 11) is 12.4. The van der Waals surface area contributed by atoms with Crippen molar-refractivity contribution in [3.8, 4) is 0 Å². The van der Waals surface area contributed by atoms with E-state index in [-0.39, 0.29) is 131 Å². The van der Waals surface area contributed by atoms with Crippen molar-refractivity contribution < 1.29 is 54.3 Å². The van der Waals surface area contributed by atoms with Gasteiger partial charge in [-0.15, -0.1) is 0 Å². The largest absolute Gasteiger partial charge is 0.393 e. The van der Waals surface area contributed by atoms with E-state index in [4.69, 9.17) is 28.8 Å². The summed E-state index contributed by atoms with van der Waals surface area (Å²) in [6.07, 6.45) is -22.9. The van der Waals surface area contributed by atoms with Gasteiger partial charge in [-0.05, 0) is 165 Å². The zero-order valence-electron chi connectivity index (χ0n) is 83.4. The zero-order chi connectivity index (χ0) is 97.2. The monoisotopic (exact) mass is 1490 g/mol. The minimum Gasteiger partial charge on any atom is -0.393 e. The molecule has 0 aliphatic heterocycles. The van der Waals surface area contributed by atoms with E-state index in [1.165, 1.54) is 62.8 Å². The van der Waals surface area contributed by atoms with Crippen molar-refractivity contribution in [2.75, 3.05) is 0 Å². The van der Waals surface area contributed by atoms with Crippen molar-refractivity contribution in [3.63, 3.8) is 0 Å². The molecular weight excluding hydrogens is 1360 g/mol. The maximum absolute atomic E-state index is 12.8. The highest BCUT2D eigenvalue weighted by molar-refractivity contribution is 5.73. The molecule has 0 aromatic carbocycles. The lowest BCUT2D eigenvalue weighted by Gasteiger charge is -2.09. The first-order valence-electron chi connectivity index (χ1n) is 43.7. The van der Waals surface area contributed by atoms with Crippen LogP contribution in [0, 0.1) is 34.6 Å². The van der Waals surface area contributed by atoms with Crippen molar-refractivity contribution in [2.45, 2.75) is 228 Å². The summed E-state index contributed by atoms with van der Waals surface area (Å²) >= 11 is 0. The molecule has 580 valence electrons. The summed E-state index contributed by atoms with van der Waals surface area (Å²) in [6, 6.07) is 0. The number of nitrogens with zero attached hydrogens (tertiary/aromatic N) is 20. The van der Waals surface area contributed by atoms with Gasteiger partial charge < -0.3 is 48.4 Å². The highest BCUT2D eigenvalue weighted by Gasteiger charge is 2.22. The van der Waals surface area contributed by atoms with Crippen molar-refractivity contribution in [1.82, 2.24) is 93.4 Å². The molecule has 105 heavy (non-hydrogen) atoms. The first kappa shape index (κ1) is 57.8. The quantitative estimate of drug-likeness (QED) is 0.0541. The Kier molecular flexibility index (Phi) is 20.1. The van der Waals surface area contributed by atoms with Crippen LogP contribution in [0.2, 0.25) is 0 Å². The van der Waals surface area contributed by atoms with E-state index in [9.17, 15) is 73.5 Å². The van der Waals surface area contributed by atoms with Gasteiger partial charge in [0.25, 0.3) is 27.8 Å². The van der Waals surface area contributed by atoms with Crippen LogP contribution in [0.5, 0.6) is 0 Å². The predicted octanol–water partition coefficient (Wildman–Crippen LogP) is 1.47. The molecule has 10 heterocycles. The average molecular weight is 1490 g/mol. The maximum atomic E-state index is 12.8. The van der Waals surface area contributed by atoms with Gasteiger partial charge >= 0.3 is 28.4 Å². The van der Waals surface area contributed by atoms with Crippen molar-refractivity contribution in [2.24, 2.45) is 70.3 Å². The molecule has 0 aliphatic rings. The molecule has 5 N–H and O–H groups in total. The normalized spacial score (nSPS) is 18.4. The molecular formula is C70H110N20O15. The molecule has 35 nitrogen and oxygen atoms in total. The highest BCUT2D eigenvalue weighted by atomic mass is 16.3. The van der Waals surface area contributed by atoms with Gasteiger partial charge in [-0.2, -0.15) is 0 Å². The lowest BCUT2D eigenvalue weighted by molar-refractivity contribution is 0.179. The molecule has 0 aliphatic carbocycles. The highest BCUT2D eigenvalue weighted by Crippen LogP contribution is 2.15. The Morgan fingerprint density at radius 3 is 0.590 bits per heavy atom. The number of imidazole rings is 5. The molecule has 0 fully saturated rings. The minimum atomic E-state index is -2.66. The SMILES string of the molecule is [2H]C(C)(O)C([2H])([2H])CCCn1c(=O)c2c(nc(C)n2C)n(C)c1=O.[2H]C([2H])(CCCn1c(=O)c2c(nc(C)n2C)n(C)c1=O)[C@@]([2H])(C)O.[2H]C([2H])(CCCn1c(=O)c2c(nc(C)n2C)n(C)c1=O)[C@]([2H])(C)O.[2H]C([2H])([2H])n1c(C)nc2c1c(=O)n(CCCC([2H])([2H])[C@@]([2H])(C)O)c(=O)n2C.[2H]C([2H])([2H])n1c(C)nc2c1c(=O)n(CCCC([2H])([2H])[C@]([2H])(C)O)c(=O)n2C. The van der Waals surface area contributed by atoms with Crippen LogP contribution >= 0.6 is 0 Å². The average Bonchev–Trinajstić information content (AvgIpc) is 1.61. The van der Waals surface area contributed by atoms with Crippen LogP contribution < -0.4 is 56.2 Å². The van der Waals surface area contributed by atoms with Crippen molar-refractivity contribution in [3.05, 3.63) is 133 Å². The Hall–Kier alpha value is -9.45. The van der Waals surface area contributed by atoms with Gasteiger partial charge in [0.2, 0.25) is 0 Å². The number of aryl methyl sites for hydroxylation is 15. The molecule has 35 heteroatoms. The third kappa shape index (κ3) is 19.2. The van der Waals surface area contributed by atoms with Crippen LogP contribution in [0.15, 0.2) is 47.9 Å². The number of rotatable bonds is 25. The summed E-state index contributed by atoms with van der Waals surface area (Å²) in [5.41, 5.74) is -4.77. The Labute approximate surface area is 634 Å². The Balaban J connectivity index is 0.000000243. The van der Waals surface area contributed by atoms with Crippen LogP contribution in [0.1, 0.15) is 189 Å². The van der Waals surface area contributed by atoms with E-state index in [0.29, 0.717) is 51.0 Å². The summed E-state index contributed by atoms with van der Waals surface area (Å²) in [6.45, 7) is 7.60. The fraction of sp³-hybridized carbons (Fsp3) is 0.643. The molecule has 1 unspecified atom stereocenters. The van der Waals surface area contributed by atoms with Crippen LogP contribution in [0.25, 0.3) is 55.8 Å². The first-order valence-corrected chi connectivity index (χ1v) is 33.2. The summed E-state index contributed by atoms with van der Waals surface area (Å²) in [4.78, 5) is 146. The Bertz CT molecular complexity index is 5890. The molecule has 10 aromatic heterocycles. The number of aromatic nitrogens is 20.